The Morgan fingerprint density at radius 1 is 1.08 bits per heavy atom. The highest BCUT2D eigenvalue weighted by atomic mass is 16.7. The summed E-state index contributed by atoms with van der Waals surface area (Å²) in [5, 5.41) is 3.25. The smallest absolute Gasteiger partial charge is 0.231 e. The van der Waals surface area contributed by atoms with E-state index in [0.717, 1.165) is 42.2 Å². The molecule has 1 aromatic rings. The predicted molar refractivity (Wildman–Crippen MR) is 94.3 cm³/mol. The lowest BCUT2D eigenvalue weighted by Crippen LogP contribution is -2.59. The third kappa shape index (κ3) is 2.44. The lowest BCUT2D eigenvalue weighted by atomic mass is 9.40. The first-order valence-electron chi connectivity index (χ1n) is 9.54. The summed E-state index contributed by atoms with van der Waals surface area (Å²) in [6.07, 6.45) is 7.16. The summed E-state index contributed by atoms with van der Waals surface area (Å²) in [5.74, 6) is 2.58. The van der Waals surface area contributed by atoms with E-state index < -0.39 is 0 Å². The summed E-state index contributed by atoms with van der Waals surface area (Å²) < 4.78 is 10.8. The van der Waals surface area contributed by atoms with E-state index in [-0.39, 0.29) is 18.1 Å². The van der Waals surface area contributed by atoms with Crippen molar-refractivity contribution in [3.8, 4) is 11.5 Å². The van der Waals surface area contributed by atoms with Gasteiger partial charge in [-0.15, -0.1) is 0 Å². The minimum absolute atomic E-state index is 0.140. The number of hydrogen-bond acceptors (Lipinski definition) is 3. The van der Waals surface area contributed by atoms with Crippen LogP contribution in [0.15, 0.2) is 18.2 Å². The third-order valence-corrected chi connectivity index (χ3v) is 7.00. The predicted octanol–water partition coefficient (Wildman–Crippen LogP) is 4.03. The molecule has 1 N–H and O–H groups in total. The Labute approximate surface area is 149 Å². The molecule has 0 saturated heterocycles. The molecule has 4 heteroatoms. The number of hydrogen-bond donors (Lipinski definition) is 1. The quantitative estimate of drug-likeness (QED) is 0.903. The Morgan fingerprint density at radius 3 is 2.52 bits per heavy atom. The van der Waals surface area contributed by atoms with E-state index in [9.17, 15) is 4.79 Å². The normalized spacial score (nSPS) is 40.3. The van der Waals surface area contributed by atoms with Crippen molar-refractivity contribution in [1.29, 1.82) is 0 Å². The molecule has 5 aliphatic rings. The Bertz CT molecular complexity index is 725. The summed E-state index contributed by atoms with van der Waals surface area (Å²) in [7, 11) is 0. The molecule has 0 spiro atoms. The molecule has 2 unspecified atom stereocenters. The maximum absolute atomic E-state index is 13.2. The average Bonchev–Trinajstić information content (AvgIpc) is 2.96. The van der Waals surface area contributed by atoms with Crippen LogP contribution in [0.4, 0.5) is 0 Å². The van der Waals surface area contributed by atoms with Gasteiger partial charge in [0.1, 0.15) is 0 Å². The fourth-order valence-electron chi connectivity index (χ4n) is 7.12. The topological polar surface area (TPSA) is 47.6 Å². The Morgan fingerprint density at radius 2 is 1.80 bits per heavy atom. The van der Waals surface area contributed by atoms with Crippen molar-refractivity contribution in [2.75, 3.05) is 6.79 Å². The maximum atomic E-state index is 13.2. The van der Waals surface area contributed by atoms with Gasteiger partial charge in [0.25, 0.3) is 0 Å². The molecule has 1 amide bonds. The molecule has 4 saturated carbocycles. The van der Waals surface area contributed by atoms with Crippen molar-refractivity contribution in [2.45, 2.75) is 58.9 Å². The third-order valence-electron chi connectivity index (χ3n) is 7.00. The molecule has 1 aliphatic heterocycles. The minimum atomic E-state index is -0.140. The standard InChI is InChI=1S/C21H27NO3/c1-19-6-15-7-20(2,10-19)12-21(8-15,11-19)18(23)22-9-14-3-4-16-17(5-14)25-13-24-16/h3-5,15H,6-13H2,1-2H3,(H,22,23). The van der Waals surface area contributed by atoms with Gasteiger partial charge in [0, 0.05) is 6.54 Å². The highest BCUT2D eigenvalue weighted by Crippen LogP contribution is 2.69. The van der Waals surface area contributed by atoms with Gasteiger partial charge in [-0.2, -0.15) is 0 Å². The van der Waals surface area contributed by atoms with E-state index >= 15 is 0 Å². The monoisotopic (exact) mass is 341 g/mol. The van der Waals surface area contributed by atoms with Crippen molar-refractivity contribution in [3.63, 3.8) is 0 Å². The zero-order chi connectivity index (χ0) is 17.3. The number of nitrogens with one attached hydrogen (secondary N) is 1. The number of carbonyl (C=O) groups excluding carboxylic acids is 1. The summed E-state index contributed by atoms with van der Waals surface area (Å²) in [4.78, 5) is 13.2. The van der Waals surface area contributed by atoms with E-state index in [4.69, 9.17) is 9.47 Å². The van der Waals surface area contributed by atoms with Crippen LogP contribution in [0.25, 0.3) is 0 Å². The van der Waals surface area contributed by atoms with Crippen LogP contribution < -0.4 is 14.8 Å². The van der Waals surface area contributed by atoms with Crippen LogP contribution in [0, 0.1) is 22.2 Å². The van der Waals surface area contributed by atoms with E-state index in [1.54, 1.807) is 0 Å². The Hall–Kier alpha value is -1.71. The van der Waals surface area contributed by atoms with Crippen LogP contribution in [-0.2, 0) is 11.3 Å². The van der Waals surface area contributed by atoms with Gasteiger partial charge in [0.15, 0.2) is 11.5 Å². The highest BCUT2D eigenvalue weighted by molar-refractivity contribution is 5.83. The second kappa shape index (κ2) is 4.93. The number of benzene rings is 1. The van der Waals surface area contributed by atoms with Crippen molar-refractivity contribution >= 4 is 5.91 Å². The zero-order valence-electron chi connectivity index (χ0n) is 15.2. The van der Waals surface area contributed by atoms with Crippen molar-refractivity contribution in [2.24, 2.45) is 22.2 Å². The molecule has 2 atom stereocenters. The molecule has 6 rings (SSSR count). The number of amides is 1. The van der Waals surface area contributed by atoms with Gasteiger partial charge in [-0.25, -0.2) is 0 Å². The first kappa shape index (κ1) is 15.5. The second-order valence-corrected chi connectivity index (χ2v) is 9.78. The molecule has 1 heterocycles. The summed E-state index contributed by atoms with van der Waals surface area (Å²) in [5.41, 5.74) is 1.66. The Kier molecular flexibility index (Phi) is 3.06. The first-order valence-corrected chi connectivity index (χ1v) is 9.54. The van der Waals surface area contributed by atoms with Crippen LogP contribution >= 0.6 is 0 Å². The lowest BCUT2D eigenvalue weighted by Gasteiger charge is -2.64. The molecule has 134 valence electrons. The van der Waals surface area contributed by atoms with Crippen LogP contribution in [0.3, 0.4) is 0 Å². The van der Waals surface area contributed by atoms with E-state index in [1.165, 1.54) is 19.3 Å². The van der Waals surface area contributed by atoms with Gasteiger partial charge in [0.2, 0.25) is 12.7 Å². The van der Waals surface area contributed by atoms with Crippen LogP contribution in [0.2, 0.25) is 0 Å². The van der Waals surface area contributed by atoms with Gasteiger partial charge in [-0.05, 0) is 73.0 Å². The molecule has 0 radical (unpaired) electrons. The molecule has 1 aromatic carbocycles. The first-order chi connectivity index (χ1) is 11.9. The molecule has 4 nitrogen and oxygen atoms in total. The van der Waals surface area contributed by atoms with Crippen molar-refractivity contribution in [3.05, 3.63) is 23.8 Å². The van der Waals surface area contributed by atoms with Crippen LogP contribution in [0.1, 0.15) is 57.9 Å². The SMILES string of the molecule is CC12CC3CC(C)(C1)CC(C(=O)NCc1ccc4c(c1)OCO4)(C3)C2. The number of fused-ring (bicyclic) bond motifs is 1. The van der Waals surface area contributed by atoms with Gasteiger partial charge < -0.3 is 14.8 Å². The van der Waals surface area contributed by atoms with E-state index in [0.29, 0.717) is 17.4 Å². The van der Waals surface area contributed by atoms with Gasteiger partial charge in [-0.1, -0.05) is 19.9 Å². The fourth-order valence-corrected chi connectivity index (χ4v) is 7.12. The van der Waals surface area contributed by atoms with E-state index in [2.05, 4.69) is 19.2 Å². The molecule has 0 aromatic heterocycles. The maximum Gasteiger partial charge on any atom is 0.231 e. The number of rotatable bonds is 3. The fraction of sp³-hybridized carbons (Fsp3) is 0.667. The van der Waals surface area contributed by atoms with Crippen LogP contribution in [0.5, 0.6) is 11.5 Å². The molecule has 25 heavy (non-hydrogen) atoms. The van der Waals surface area contributed by atoms with Gasteiger partial charge >= 0.3 is 0 Å². The summed E-state index contributed by atoms with van der Waals surface area (Å²) in [6.45, 7) is 5.67. The van der Waals surface area contributed by atoms with Gasteiger partial charge in [-0.3, -0.25) is 4.79 Å². The number of ether oxygens (including phenoxy) is 2. The molecule has 4 bridgehead atoms. The zero-order valence-corrected chi connectivity index (χ0v) is 15.2. The van der Waals surface area contributed by atoms with Crippen LogP contribution in [-0.4, -0.2) is 12.7 Å². The lowest BCUT2D eigenvalue weighted by molar-refractivity contribution is -0.170. The minimum Gasteiger partial charge on any atom is -0.454 e. The largest absolute Gasteiger partial charge is 0.454 e. The van der Waals surface area contributed by atoms with Crippen molar-refractivity contribution in [1.82, 2.24) is 5.32 Å². The molecule has 4 aliphatic carbocycles. The second-order valence-electron chi connectivity index (χ2n) is 9.78. The molecule has 4 fully saturated rings. The summed E-state index contributed by atoms with van der Waals surface area (Å²) >= 11 is 0. The number of carbonyl (C=O) groups is 1. The highest BCUT2D eigenvalue weighted by Gasteiger charge is 2.62. The van der Waals surface area contributed by atoms with Crippen molar-refractivity contribution < 1.29 is 14.3 Å². The van der Waals surface area contributed by atoms with Gasteiger partial charge in [0.05, 0.1) is 5.41 Å². The van der Waals surface area contributed by atoms with E-state index in [1.807, 2.05) is 18.2 Å². The average molecular weight is 341 g/mol. The Balaban J connectivity index is 1.33. The molecular weight excluding hydrogens is 314 g/mol. The molecular formula is C21H27NO3. The summed E-state index contributed by atoms with van der Waals surface area (Å²) in [6, 6.07) is 5.91.